The summed E-state index contributed by atoms with van der Waals surface area (Å²) in [6.07, 6.45) is 6.86. The zero-order valence-electron chi connectivity index (χ0n) is 22.2. The van der Waals surface area contributed by atoms with Crippen molar-refractivity contribution in [2.75, 3.05) is 4.90 Å². The lowest BCUT2D eigenvalue weighted by molar-refractivity contribution is -0.0597. The summed E-state index contributed by atoms with van der Waals surface area (Å²) in [6, 6.07) is 5.10. The van der Waals surface area contributed by atoms with Gasteiger partial charge in [-0.05, 0) is 77.6 Å². The Hall–Kier alpha value is -3.78. The average molecular weight is 522 g/mol. The Bertz CT molecular complexity index is 1340. The van der Waals surface area contributed by atoms with E-state index < -0.39 is 23.6 Å². The molecule has 1 amide bonds. The van der Waals surface area contributed by atoms with Gasteiger partial charge >= 0.3 is 5.97 Å². The molecule has 2 aliphatic rings. The van der Waals surface area contributed by atoms with Crippen LogP contribution < -0.4 is 9.64 Å². The minimum absolute atomic E-state index is 0.0307. The van der Waals surface area contributed by atoms with E-state index in [-0.39, 0.29) is 41.3 Å². The highest BCUT2D eigenvalue weighted by molar-refractivity contribution is 6.12. The minimum atomic E-state index is -1.18. The second kappa shape index (κ2) is 10.5. The number of nitrogens with zero attached hydrogens (tertiary/aromatic N) is 1. The number of hydrogen-bond acceptors (Lipinski definition) is 6. The van der Waals surface area contributed by atoms with Crippen molar-refractivity contribution in [3.63, 3.8) is 0 Å². The maximum atomic E-state index is 13.3. The largest absolute Gasteiger partial charge is 0.508 e. The van der Waals surface area contributed by atoms with Gasteiger partial charge in [0.05, 0.1) is 29.5 Å². The minimum Gasteiger partial charge on any atom is -0.508 e. The Morgan fingerprint density at radius 3 is 2.53 bits per heavy atom. The quantitative estimate of drug-likeness (QED) is 0.339. The number of aliphatic hydroxyl groups is 1. The molecule has 2 aromatic carbocycles. The molecule has 0 saturated carbocycles. The smallest absolute Gasteiger partial charge is 0.335 e. The second-order valence-electron chi connectivity index (χ2n) is 10.7. The van der Waals surface area contributed by atoms with E-state index in [9.17, 15) is 30.0 Å². The van der Waals surface area contributed by atoms with E-state index in [1.165, 1.54) is 40.3 Å². The number of aromatic carboxylic acids is 1. The number of aromatic hydroxyl groups is 2. The van der Waals surface area contributed by atoms with Crippen LogP contribution in [0.4, 0.5) is 5.69 Å². The predicted molar refractivity (Wildman–Crippen MR) is 144 cm³/mol. The molecular formula is C30H35NO7. The van der Waals surface area contributed by atoms with Gasteiger partial charge in [0.25, 0.3) is 5.91 Å². The lowest BCUT2D eigenvalue weighted by Gasteiger charge is -2.40. The molecule has 0 aliphatic carbocycles. The van der Waals surface area contributed by atoms with E-state index in [0.29, 0.717) is 29.7 Å². The Morgan fingerprint density at radius 1 is 1.11 bits per heavy atom. The predicted octanol–water partition coefficient (Wildman–Crippen LogP) is 5.48. The zero-order chi connectivity index (χ0) is 27.8. The molecule has 4 rings (SSSR count). The normalized spacial score (nSPS) is 20.6. The highest BCUT2D eigenvalue weighted by Gasteiger charge is 2.44. The molecule has 0 aromatic heterocycles. The number of fused-ring (bicyclic) bond motifs is 3. The van der Waals surface area contributed by atoms with Crippen molar-refractivity contribution in [1.82, 2.24) is 0 Å². The molecule has 2 aromatic rings. The van der Waals surface area contributed by atoms with Crippen LogP contribution in [0.3, 0.4) is 0 Å². The van der Waals surface area contributed by atoms with Crippen molar-refractivity contribution in [3.05, 3.63) is 69.8 Å². The van der Waals surface area contributed by atoms with Crippen molar-refractivity contribution >= 4 is 17.6 Å². The summed E-state index contributed by atoms with van der Waals surface area (Å²) in [7, 11) is 0. The SMILES string of the molecule is CC(C)=CCC/C(C)=C/CCC1(C)Oc2c(c(O)cc3c2CN(c2cc(C(=O)O)ccc2O)C3=O)CC1O. The molecule has 38 heavy (non-hydrogen) atoms. The number of amides is 1. The van der Waals surface area contributed by atoms with Crippen LogP contribution in [0.1, 0.15) is 85.2 Å². The third-order valence-corrected chi connectivity index (χ3v) is 7.43. The highest BCUT2D eigenvalue weighted by Crippen LogP contribution is 2.47. The van der Waals surface area contributed by atoms with Gasteiger partial charge in [-0.1, -0.05) is 23.3 Å². The topological polar surface area (TPSA) is 128 Å². The van der Waals surface area contributed by atoms with Gasteiger partial charge in [0.1, 0.15) is 22.8 Å². The lowest BCUT2D eigenvalue weighted by Crippen LogP contribution is -2.49. The van der Waals surface area contributed by atoms with Gasteiger partial charge in [0, 0.05) is 17.5 Å². The number of ether oxygens (including phenoxy) is 1. The van der Waals surface area contributed by atoms with Crippen LogP contribution in [0.25, 0.3) is 0 Å². The number of phenolic OH excluding ortho intramolecular Hbond substituents is 2. The molecule has 8 nitrogen and oxygen atoms in total. The molecule has 2 unspecified atom stereocenters. The zero-order valence-corrected chi connectivity index (χ0v) is 22.2. The molecule has 4 N–H and O–H groups in total. The van der Waals surface area contributed by atoms with Crippen molar-refractivity contribution in [2.24, 2.45) is 0 Å². The van der Waals surface area contributed by atoms with Crippen molar-refractivity contribution in [3.8, 4) is 17.2 Å². The van der Waals surface area contributed by atoms with Crippen molar-refractivity contribution < 1.29 is 34.8 Å². The van der Waals surface area contributed by atoms with Crippen LogP contribution in [-0.2, 0) is 13.0 Å². The molecular weight excluding hydrogens is 486 g/mol. The summed E-state index contributed by atoms with van der Waals surface area (Å²) in [4.78, 5) is 26.0. The summed E-state index contributed by atoms with van der Waals surface area (Å²) >= 11 is 0. The summed E-state index contributed by atoms with van der Waals surface area (Å²) in [5, 5.41) is 41.5. The first-order valence-corrected chi connectivity index (χ1v) is 12.8. The van der Waals surface area contributed by atoms with E-state index in [2.05, 4.69) is 32.9 Å². The number of carboxylic acids is 1. The summed E-state index contributed by atoms with van der Waals surface area (Å²) in [5.41, 5.74) is 2.80. The Kier molecular flexibility index (Phi) is 7.56. The summed E-state index contributed by atoms with van der Waals surface area (Å²) in [5.74, 6) is -1.68. The molecule has 202 valence electrons. The van der Waals surface area contributed by atoms with Gasteiger partial charge in [-0.15, -0.1) is 0 Å². The number of phenols is 2. The monoisotopic (exact) mass is 521 g/mol. The number of benzene rings is 2. The first-order chi connectivity index (χ1) is 17.9. The molecule has 2 heterocycles. The van der Waals surface area contributed by atoms with Gasteiger partial charge < -0.3 is 30.1 Å². The van der Waals surface area contributed by atoms with E-state index in [4.69, 9.17) is 4.74 Å². The molecule has 2 atom stereocenters. The van der Waals surface area contributed by atoms with Crippen LogP contribution in [0.5, 0.6) is 17.2 Å². The number of anilines is 1. The number of carbonyl (C=O) groups excluding carboxylic acids is 1. The summed E-state index contributed by atoms with van der Waals surface area (Å²) in [6.45, 7) is 8.12. The van der Waals surface area contributed by atoms with Crippen molar-refractivity contribution in [1.29, 1.82) is 0 Å². The number of aliphatic hydroxyl groups excluding tert-OH is 1. The average Bonchev–Trinajstić information content (AvgIpc) is 3.16. The second-order valence-corrected chi connectivity index (χ2v) is 10.7. The number of hydrogen-bond donors (Lipinski definition) is 4. The van der Waals surface area contributed by atoms with Gasteiger partial charge in [0.2, 0.25) is 0 Å². The fourth-order valence-electron chi connectivity index (χ4n) is 5.07. The molecule has 0 radical (unpaired) electrons. The molecule has 0 saturated heterocycles. The number of allylic oxidation sites excluding steroid dienone is 4. The van der Waals surface area contributed by atoms with Gasteiger partial charge in [-0.2, -0.15) is 0 Å². The first kappa shape index (κ1) is 27.3. The third-order valence-electron chi connectivity index (χ3n) is 7.43. The van der Waals surface area contributed by atoms with E-state index in [1.807, 2.05) is 6.92 Å². The molecule has 0 spiro atoms. The number of carboxylic acid groups (broad SMARTS) is 1. The van der Waals surface area contributed by atoms with Gasteiger partial charge in [0.15, 0.2) is 0 Å². The number of rotatable bonds is 8. The number of carbonyl (C=O) groups is 2. The molecule has 8 heteroatoms. The van der Waals surface area contributed by atoms with E-state index >= 15 is 0 Å². The molecule has 0 fully saturated rings. The van der Waals surface area contributed by atoms with E-state index in [0.717, 1.165) is 12.8 Å². The maximum Gasteiger partial charge on any atom is 0.335 e. The Balaban J connectivity index is 1.60. The highest BCUT2D eigenvalue weighted by atomic mass is 16.5. The Morgan fingerprint density at radius 2 is 1.84 bits per heavy atom. The Labute approximate surface area is 222 Å². The van der Waals surface area contributed by atoms with Gasteiger partial charge in [-0.3, -0.25) is 4.79 Å². The molecule has 0 bridgehead atoms. The lowest BCUT2D eigenvalue weighted by atomic mass is 9.84. The van der Waals surface area contributed by atoms with Crippen LogP contribution in [0.2, 0.25) is 0 Å². The van der Waals surface area contributed by atoms with Crippen LogP contribution in [0, 0.1) is 0 Å². The van der Waals surface area contributed by atoms with Crippen LogP contribution in [-0.4, -0.2) is 44.0 Å². The van der Waals surface area contributed by atoms with Crippen molar-refractivity contribution in [2.45, 2.75) is 78.0 Å². The fraction of sp³-hybridized carbons (Fsp3) is 0.400. The van der Waals surface area contributed by atoms with E-state index in [1.54, 1.807) is 0 Å². The van der Waals surface area contributed by atoms with Crippen LogP contribution in [0.15, 0.2) is 47.6 Å². The summed E-state index contributed by atoms with van der Waals surface area (Å²) < 4.78 is 6.39. The third kappa shape index (κ3) is 5.27. The molecule has 2 aliphatic heterocycles. The van der Waals surface area contributed by atoms with Crippen LogP contribution >= 0.6 is 0 Å². The first-order valence-electron chi connectivity index (χ1n) is 12.8. The standard InChI is InChI=1S/C30H35NO7/c1-17(2)7-5-8-18(3)9-6-12-30(4)26(34)15-21-25(33)14-20-22(27(21)38-30)16-31(28(20)35)23-13-19(29(36)37)10-11-24(23)32/h7,9-11,13-14,26,32-34H,5-6,8,12,15-16H2,1-4H3,(H,36,37)/b18-9+. The maximum absolute atomic E-state index is 13.3. The van der Waals surface area contributed by atoms with Gasteiger partial charge in [-0.25, -0.2) is 4.79 Å². The fourth-order valence-corrected chi connectivity index (χ4v) is 5.07.